The van der Waals surface area contributed by atoms with Gasteiger partial charge in [0.2, 0.25) is 5.95 Å². The van der Waals surface area contributed by atoms with Crippen molar-refractivity contribution in [1.29, 1.82) is 0 Å². The number of aryl methyl sites for hydroxylation is 1. The van der Waals surface area contributed by atoms with E-state index in [1.54, 1.807) is 11.3 Å². The molecule has 6 nitrogen and oxygen atoms in total. The number of likely N-dealkylation sites (N-methyl/N-ethyl adjacent to an activating group) is 1. The highest BCUT2D eigenvalue weighted by Crippen LogP contribution is 2.31. The molecule has 0 amide bonds. The summed E-state index contributed by atoms with van der Waals surface area (Å²) >= 11 is 1.70. The Kier molecular flexibility index (Phi) is 5.07. The van der Waals surface area contributed by atoms with Gasteiger partial charge in [0.25, 0.3) is 0 Å². The Labute approximate surface area is 135 Å². The van der Waals surface area contributed by atoms with Crippen molar-refractivity contribution in [2.75, 3.05) is 56.0 Å². The van der Waals surface area contributed by atoms with Gasteiger partial charge in [-0.05, 0) is 24.4 Å². The van der Waals surface area contributed by atoms with Gasteiger partial charge in [-0.1, -0.05) is 6.92 Å². The van der Waals surface area contributed by atoms with Crippen LogP contribution in [-0.4, -0.2) is 55.8 Å². The van der Waals surface area contributed by atoms with E-state index in [0.717, 1.165) is 62.4 Å². The molecule has 0 radical (unpaired) electrons. The van der Waals surface area contributed by atoms with Crippen LogP contribution in [0.2, 0.25) is 0 Å². The third-order valence-corrected chi connectivity index (χ3v) is 4.84. The zero-order valence-corrected chi connectivity index (χ0v) is 14.1. The predicted molar refractivity (Wildman–Crippen MR) is 94.3 cm³/mol. The van der Waals surface area contributed by atoms with Crippen LogP contribution in [-0.2, 0) is 0 Å². The van der Waals surface area contributed by atoms with Crippen LogP contribution in [0.25, 0.3) is 10.2 Å². The summed E-state index contributed by atoms with van der Waals surface area (Å²) in [5.41, 5.74) is 1.25. The smallest absolute Gasteiger partial charge is 0.228 e. The number of thiophene rings is 1. The van der Waals surface area contributed by atoms with Crippen molar-refractivity contribution >= 4 is 33.3 Å². The Balaban J connectivity index is 1.87. The van der Waals surface area contributed by atoms with Crippen LogP contribution < -0.4 is 20.9 Å². The Morgan fingerprint density at radius 1 is 1.27 bits per heavy atom. The van der Waals surface area contributed by atoms with Gasteiger partial charge in [0, 0.05) is 39.3 Å². The first-order valence-corrected chi connectivity index (χ1v) is 8.83. The van der Waals surface area contributed by atoms with Crippen LogP contribution in [0.1, 0.15) is 12.5 Å². The normalized spacial score (nSPS) is 15.5. The van der Waals surface area contributed by atoms with Crippen molar-refractivity contribution in [1.82, 2.24) is 20.6 Å². The third kappa shape index (κ3) is 3.31. The largest absolute Gasteiger partial charge is 0.368 e. The molecule has 3 N–H and O–H groups in total. The first-order valence-electron chi connectivity index (χ1n) is 7.95. The molecule has 120 valence electrons. The predicted octanol–water partition coefficient (Wildman–Crippen LogP) is 1.43. The summed E-state index contributed by atoms with van der Waals surface area (Å²) in [6.07, 6.45) is 0. The molecule has 0 saturated carbocycles. The fraction of sp³-hybridized carbons (Fsp3) is 0.600. The number of nitrogens with one attached hydrogen (secondary N) is 3. The van der Waals surface area contributed by atoms with E-state index in [2.05, 4.69) is 40.1 Å². The van der Waals surface area contributed by atoms with E-state index in [1.807, 2.05) is 0 Å². The molecule has 0 aliphatic carbocycles. The van der Waals surface area contributed by atoms with Gasteiger partial charge in [-0.3, -0.25) is 0 Å². The van der Waals surface area contributed by atoms with Crippen molar-refractivity contribution in [2.45, 2.75) is 13.8 Å². The lowest BCUT2D eigenvalue weighted by atomic mass is 10.2. The molecule has 22 heavy (non-hydrogen) atoms. The molecule has 7 heteroatoms. The minimum absolute atomic E-state index is 0.849. The van der Waals surface area contributed by atoms with Gasteiger partial charge >= 0.3 is 0 Å². The van der Waals surface area contributed by atoms with E-state index in [-0.39, 0.29) is 0 Å². The molecule has 1 aliphatic rings. The first kappa shape index (κ1) is 15.5. The number of nitrogens with zero attached hydrogens (tertiary/aromatic N) is 3. The molecule has 0 spiro atoms. The van der Waals surface area contributed by atoms with E-state index in [9.17, 15) is 0 Å². The number of anilines is 2. The van der Waals surface area contributed by atoms with E-state index in [4.69, 9.17) is 9.97 Å². The fourth-order valence-corrected chi connectivity index (χ4v) is 3.57. The average molecular weight is 320 g/mol. The van der Waals surface area contributed by atoms with Crippen LogP contribution in [0.3, 0.4) is 0 Å². The van der Waals surface area contributed by atoms with Gasteiger partial charge in [-0.15, -0.1) is 11.3 Å². The molecule has 0 unspecified atom stereocenters. The Hall–Kier alpha value is -1.44. The van der Waals surface area contributed by atoms with Crippen molar-refractivity contribution in [3.63, 3.8) is 0 Å². The standard InChI is InChI=1S/C15H24N6S/c1-3-16-4-5-18-13-12-11(2)10-22-14(12)20-15(19-13)21-8-6-17-7-9-21/h10,16-17H,3-9H2,1-2H3,(H,18,19,20). The third-order valence-electron chi connectivity index (χ3n) is 3.85. The molecule has 1 fully saturated rings. The van der Waals surface area contributed by atoms with E-state index in [0.29, 0.717) is 0 Å². The second-order valence-electron chi connectivity index (χ2n) is 5.49. The van der Waals surface area contributed by atoms with Crippen LogP contribution in [0, 0.1) is 6.92 Å². The van der Waals surface area contributed by atoms with Crippen LogP contribution >= 0.6 is 11.3 Å². The Morgan fingerprint density at radius 2 is 2.09 bits per heavy atom. The van der Waals surface area contributed by atoms with Gasteiger partial charge in [-0.2, -0.15) is 4.98 Å². The maximum atomic E-state index is 4.81. The monoisotopic (exact) mass is 320 g/mol. The first-order chi connectivity index (χ1) is 10.8. The van der Waals surface area contributed by atoms with Gasteiger partial charge in [-0.25, -0.2) is 4.98 Å². The molecule has 1 aliphatic heterocycles. The number of fused-ring (bicyclic) bond motifs is 1. The second-order valence-corrected chi connectivity index (χ2v) is 6.35. The number of rotatable bonds is 6. The van der Waals surface area contributed by atoms with Crippen molar-refractivity contribution < 1.29 is 0 Å². The lowest BCUT2D eigenvalue weighted by Gasteiger charge is -2.27. The summed E-state index contributed by atoms with van der Waals surface area (Å²) in [6.45, 7) is 11.0. The summed E-state index contributed by atoms with van der Waals surface area (Å²) in [7, 11) is 0. The van der Waals surface area contributed by atoms with E-state index < -0.39 is 0 Å². The van der Waals surface area contributed by atoms with Gasteiger partial charge in [0.15, 0.2) is 0 Å². The number of hydrogen-bond acceptors (Lipinski definition) is 7. The second kappa shape index (κ2) is 7.21. The highest BCUT2D eigenvalue weighted by molar-refractivity contribution is 7.17. The van der Waals surface area contributed by atoms with E-state index >= 15 is 0 Å². The summed E-state index contributed by atoms with van der Waals surface area (Å²) in [5, 5.41) is 13.5. The maximum Gasteiger partial charge on any atom is 0.228 e. The summed E-state index contributed by atoms with van der Waals surface area (Å²) in [4.78, 5) is 12.9. The number of hydrogen-bond donors (Lipinski definition) is 3. The quantitative estimate of drug-likeness (QED) is 0.700. The highest BCUT2D eigenvalue weighted by Gasteiger charge is 2.17. The summed E-state index contributed by atoms with van der Waals surface area (Å²) < 4.78 is 0. The maximum absolute atomic E-state index is 4.81. The van der Waals surface area contributed by atoms with Crippen molar-refractivity contribution in [3.8, 4) is 0 Å². The Bertz CT molecular complexity index is 620. The minimum Gasteiger partial charge on any atom is -0.368 e. The van der Waals surface area contributed by atoms with Gasteiger partial charge in [0.1, 0.15) is 10.6 Å². The van der Waals surface area contributed by atoms with Gasteiger partial charge < -0.3 is 20.9 Å². The van der Waals surface area contributed by atoms with Crippen molar-refractivity contribution in [3.05, 3.63) is 10.9 Å². The van der Waals surface area contributed by atoms with Crippen molar-refractivity contribution in [2.24, 2.45) is 0 Å². The molecule has 0 bridgehead atoms. The van der Waals surface area contributed by atoms with Crippen LogP contribution in [0.5, 0.6) is 0 Å². The molecule has 0 aromatic carbocycles. The number of piperazine rings is 1. The molecule has 3 heterocycles. The molecule has 1 saturated heterocycles. The summed E-state index contributed by atoms with van der Waals surface area (Å²) in [6, 6.07) is 0. The topological polar surface area (TPSA) is 65.1 Å². The van der Waals surface area contributed by atoms with Gasteiger partial charge in [0.05, 0.1) is 5.39 Å². The highest BCUT2D eigenvalue weighted by atomic mass is 32.1. The zero-order chi connectivity index (χ0) is 15.4. The molecular formula is C15H24N6S. The minimum atomic E-state index is 0.849. The Morgan fingerprint density at radius 3 is 2.86 bits per heavy atom. The molecule has 0 atom stereocenters. The lowest BCUT2D eigenvalue weighted by molar-refractivity contribution is 0.581. The van der Waals surface area contributed by atoms with E-state index in [1.165, 1.54) is 10.9 Å². The van der Waals surface area contributed by atoms with Crippen LogP contribution in [0.15, 0.2) is 5.38 Å². The molecular weight excluding hydrogens is 296 g/mol. The summed E-state index contributed by atoms with van der Waals surface area (Å²) in [5.74, 6) is 1.82. The van der Waals surface area contributed by atoms with Crippen LogP contribution in [0.4, 0.5) is 11.8 Å². The SMILES string of the molecule is CCNCCNc1nc(N2CCNCC2)nc2scc(C)c12. The average Bonchev–Trinajstić information content (AvgIpc) is 2.94. The molecule has 2 aromatic heterocycles. The fourth-order valence-electron chi connectivity index (χ4n) is 2.65. The zero-order valence-electron chi connectivity index (χ0n) is 13.3. The molecule has 3 rings (SSSR count). The molecule has 2 aromatic rings. The number of aromatic nitrogens is 2. The lowest BCUT2D eigenvalue weighted by Crippen LogP contribution is -2.44.